The van der Waals surface area contributed by atoms with Gasteiger partial charge in [-0.2, -0.15) is 0 Å². The van der Waals surface area contributed by atoms with Crippen molar-refractivity contribution in [2.24, 2.45) is 0 Å². The van der Waals surface area contributed by atoms with E-state index in [1.165, 1.54) is 23.1 Å². The number of hydrogen-bond acceptors (Lipinski definition) is 0. The van der Waals surface area contributed by atoms with Gasteiger partial charge in [0.2, 0.25) is 0 Å². The first-order chi connectivity index (χ1) is 8.13. The smallest absolute Gasteiger partial charge is 0.00291 e. The van der Waals surface area contributed by atoms with Gasteiger partial charge >= 0.3 is 0 Å². The van der Waals surface area contributed by atoms with E-state index in [4.69, 9.17) is 0 Å². The lowest BCUT2D eigenvalue weighted by Crippen LogP contribution is -1.87. The molecule has 0 aliphatic rings. The van der Waals surface area contributed by atoms with Crippen molar-refractivity contribution < 1.29 is 0 Å². The minimum absolute atomic E-state index is 1.03. The molecule has 0 aliphatic carbocycles. The second-order valence-electron chi connectivity index (χ2n) is 4.45. The molecule has 0 radical (unpaired) electrons. The molecule has 0 heterocycles. The Hall–Kier alpha value is -1.30. The summed E-state index contributed by atoms with van der Waals surface area (Å²) in [4.78, 5) is 0. The molecule has 0 atom stereocenters. The van der Waals surface area contributed by atoms with Gasteiger partial charge in [0.15, 0.2) is 0 Å². The van der Waals surface area contributed by atoms with E-state index in [1.807, 2.05) is 0 Å². The summed E-state index contributed by atoms with van der Waals surface area (Å²) < 4.78 is 0. The molecule has 0 saturated heterocycles. The van der Waals surface area contributed by atoms with Gasteiger partial charge < -0.3 is 0 Å². The lowest BCUT2D eigenvalue weighted by Gasteiger charge is -2.02. The van der Waals surface area contributed by atoms with E-state index in [2.05, 4.69) is 77.1 Å². The third-order valence-electron chi connectivity index (χ3n) is 2.10. The molecule has 0 bridgehead atoms. The lowest BCUT2D eigenvalue weighted by molar-refractivity contribution is 1.09. The minimum atomic E-state index is 1.03. The second-order valence-corrected chi connectivity index (χ2v) is 4.45. The van der Waals surface area contributed by atoms with Crippen LogP contribution >= 0.6 is 0 Å². The van der Waals surface area contributed by atoms with Crippen molar-refractivity contribution in [1.29, 1.82) is 0 Å². The molecule has 1 rings (SSSR count). The second kappa shape index (κ2) is 9.89. The Morgan fingerprint density at radius 1 is 1.06 bits per heavy atom. The number of allylic oxidation sites excluding steroid dienone is 4. The van der Waals surface area contributed by atoms with E-state index in [-0.39, 0.29) is 0 Å². The summed E-state index contributed by atoms with van der Waals surface area (Å²) >= 11 is 0. The van der Waals surface area contributed by atoms with Crippen molar-refractivity contribution in [2.45, 2.75) is 47.5 Å². The van der Waals surface area contributed by atoms with Crippen LogP contribution < -0.4 is 0 Å². The maximum Gasteiger partial charge on any atom is -0.00291 e. The van der Waals surface area contributed by atoms with Gasteiger partial charge in [-0.15, -0.1) is 0 Å². The zero-order valence-electron chi connectivity index (χ0n) is 12.0. The summed E-state index contributed by atoms with van der Waals surface area (Å²) in [6.45, 7) is 10.6. The SMILES string of the molecule is C/C=C(\C=C(C)C)Cc1ccccc1.CCC. The van der Waals surface area contributed by atoms with Gasteiger partial charge in [-0.25, -0.2) is 0 Å². The topological polar surface area (TPSA) is 0 Å². The number of hydrogen-bond donors (Lipinski definition) is 0. The van der Waals surface area contributed by atoms with Gasteiger partial charge in [0, 0.05) is 0 Å². The van der Waals surface area contributed by atoms with Gasteiger partial charge in [-0.3, -0.25) is 0 Å². The predicted molar refractivity (Wildman–Crippen MR) is 79.3 cm³/mol. The highest BCUT2D eigenvalue weighted by Gasteiger charge is 1.94. The van der Waals surface area contributed by atoms with Crippen LogP contribution in [0, 0.1) is 0 Å². The van der Waals surface area contributed by atoms with Gasteiger partial charge in [0.1, 0.15) is 0 Å². The van der Waals surface area contributed by atoms with E-state index in [1.54, 1.807) is 0 Å². The van der Waals surface area contributed by atoms with Crippen molar-refractivity contribution >= 4 is 0 Å². The van der Waals surface area contributed by atoms with Crippen molar-refractivity contribution in [2.75, 3.05) is 0 Å². The van der Waals surface area contributed by atoms with Crippen LogP contribution in [-0.2, 0) is 6.42 Å². The van der Waals surface area contributed by atoms with Crippen LogP contribution in [0.25, 0.3) is 0 Å². The molecular formula is C17H26. The zero-order valence-corrected chi connectivity index (χ0v) is 12.0. The predicted octanol–water partition coefficient (Wildman–Crippen LogP) is 5.56. The Balaban J connectivity index is 0.000000770. The summed E-state index contributed by atoms with van der Waals surface area (Å²) in [5.41, 5.74) is 4.11. The van der Waals surface area contributed by atoms with E-state index in [9.17, 15) is 0 Å². The maximum absolute atomic E-state index is 2.24. The third kappa shape index (κ3) is 8.50. The highest BCUT2D eigenvalue weighted by atomic mass is 14.0. The fraction of sp³-hybridized carbons (Fsp3) is 0.412. The fourth-order valence-electron chi connectivity index (χ4n) is 1.44. The van der Waals surface area contributed by atoms with Gasteiger partial charge in [-0.1, -0.05) is 68.3 Å². The highest BCUT2D eigenvalue weighted by Crippen LogP contribution is 2.10. The Labute approximate surface area is 107 Å². The molecule has 1 aromatic carbocycles. The van der Waals surface area contributed by atoms with Crippen LogP contribution in [-0.4, -0.2) is 0 Å². The monoisotopic (exact) mass is 230 g/mol. The molecule has 94 valence electrons. The van der Waals surface area contributed by atoms with Crippen LogP contribution in [0.3, 0.4) is 0 Å². The van der Waals surface area contributed by atoms with Crippen LogP contribution in [0.4, 0.5) is 0 Å². The van der Waals surface area contributed by atoms with Crippen molar-refractivity contribution in [3.05, 3.63) is 59.2 Å². The van der Waals surface area contributed by atoms with E-state index in [0.717, 1.165) is 6.42 Å². The van der Waals surface area contributed by atoms with Crippen LogP contribution in [0.5, 0.6) is 0 Å². The molecule has 0 fully saturated rings. The zero-order chi connectivity index (χ0) is 13.1. The fourth-order valence-corrected chi connectivity index (χ4v) is 1.44. The summed E-state index contributed by atoms with van der Waals surface area (Å²) in [5, 5.41) is 0. The summed E-state index contributed by atoms with van der Waals surface area (Å²) in [7, 11) is 0. The molecule has 1 aromatic rings. The Kier molecular flexibility index (Phi) is 9.14. The first-order valence-corrected chi connectivity index (χ1v) is 6.48. The van der Waals surface area contributed by atoms with E-state index < -0.39 is 0 Å². The lowest BCUT2D eigenvalue weighted by atomic mass is 10.0. The molecule has 0 spiro atoms. The average molecular weight is 230 g/mol. The summed E-state index contributed by atoms with van der Waals surface area (Å²) in [6, 6.07) is 10.6. The Bertz CT molecular complexity index is 338. The number of rotatable bonds is 3. The van der Waals surface area contributed by atoms with Gasteiger partial charge in [0.25, 0.3) is 0 Å². The van der Waals surface area contributed by atoms with E-state index >= 15 is 0 Å². The van der Waals surface area contributed by atoms with Crippen LogP contribution in [0.15, 0.2) is 53.6 Å². The Morgan fingerprint density at radius 2 is 1.59 bits per heavy atom. The Morgan fingerprint density at radius 3 is 2.00 bits per heavy atom. The molecule has 0 heteroatoms. The first-order valence-electron chi connectivity index (χ1n) is 6.48. The van der Waals surface area contributed by atoms with Gasteiger partial charge in [-0.05, 0) is 38.3 Å². The number of benzene rings is 1. The molecule has 0 amide bonds. The largest absolute Gasteiger partial charge is 0.0841 e. The standard InChI is InChI=1S/C14H18.C3H8/c1-4-13(10-12(2)3)11-14-8-6-5-7-9-14;1-3-2/h4-10H,11H2,1-3H3;3H2,1-2H3/b13-4+;. The third-order valence-corrected chi connectivity index (χ3v) is 2.10. The molecule has 0 saturated carbocycles. The van der Waals surface area contributed by atoms with Crippen molar-refractivity contribution in [3.8, 4) is 0 Å². The molecule has 0 nitrogen and oxygen atoms in total. The molecule has 0 N–H and O–H groups in total. The quantitative estimate of drug-likeness (QED) is 0.596. The molecular weight excluding hydrogens is 204 g/mol. The highest BCUT2D eigenvalue weighted by molar-refractivity contribution is 5.29. The van der Waals surface area contributed by atoms with Crippen molar-refractivity contribution in [1.82, 2.24) is 0 Å². The van der Waals surface area contributed by atoms with Crippen molar-refractivity contribution in [3.63, 3.8) is 0 Å². The van der Waals surface area contributed by atoms with Gasteiger partial charge in [0.05, 0.1) is 0 Å². The van der Waals surface area contributed by atoms with E-state index in [0.29, 0.717) is 0 Å². The molecule has 0 unspecified atom stereocenters. The average Bonchev–Trinajstić information content (AvgIpc) is 2.30. The normalized spacial score (nSPS) is 10.3. The summed E-state index contributed by atoms with van der Waals surface area (Å²) in [5.74, 6) is 0. The summed E-state index contributed by atoms with van der Waals surface area (Å²) in [6.07, 6.45) is 6.70. The molecule has 0 aliphatic heterocycles. The molecule has 17 heavy (non-hydrogen) atoms. The molecule has 0 aromatic heterocycles. The van der Waals surface area contributed by atoms with Crippen LogP contribution in [0.1, 0.15) is 46.6 Å². The maximum atomic E-state index is 2.24. The van der Waals surface area contributed by atoms with Crippen LogP contribution in [0.2, 0.25) is 0 Å². The minimum Gasteiger partial charge on any atom is -0.0841 e. The first kappa shape index (κ1) is 15.7.